The van der Waals surface area contributed by atoms with E-state index in [1.807, 2.05) is 0 Å². The summed E-state index contributed by atoms with van der Waals surface area (Å²) in [6.45, 7) is 0.825. The third-order valence-corrected chi connectivity index (χ3v) is 7.53. The van der Waals surface area contributed by atoms with E-state index < -0.39 is 0 Å². The van der Waals surface area contributed by atoms with Crippen molar-refractivity contribution in [2.75, 3.05) is 11.4 Å². The highest BCUT2D eigenvalue weighted by atomic mass is 15.1. The summed E-state index contributed by atoms with van der Waals surface area (Å²) in [5.74, 6) is 0. The number of terminal acetylenes is 1. The van der Waals surface area contributed by atoms with Crippen molar-refractivity contribution in [3.63, 3.8) is 0 Å². The molecule has 0 N–H and O–H groups in total. The maximum absolute atomic E-state index is 4.00. The smallest absolute Gasteiger partial charge is 0.0493 e. The van der Waals surface area contributed by atoms with Crippen molar-refractivity contribution in [3.05, 3.63) is 145 Å². The van der Waals surface area contributed by atoms with Crippen molar-refractivity contribution in [1.82, 2.24) is 0 Å². The van der Waals surface area contributed by atoms with Gasteiger partial charge in [0.2, 0.25) is 0 Å². The average Bonchev–Trinajstić information content (AvgIpc) is 3.12. The first-order chi connectivity index (χ1) is 19.3. The minimum atomic E-state index is 0.825. The fourth-order valence-electron chi connectivity index (χ4n) is 5.68. The van der Waals surface area contributed by atoms with Gasteiger partial charge in [-0.05, 0) is 74.3 Å². The summed E-state index contributed by atoms with van der Waals surface area (Å²) in [5.41, 5.74) is 6.40. The summed E-state index contributed by atoms with van der Waals surface area (Å²) in [6, 6.07) is 42.2. The number of fused-ring (bicyclic) bond motifs is 5. The van der Waals surface area contributed by atoms with Gasteiger partial charge in [-0.2, -0.15) is 0 Å². The quantitative estimate of drug-likeness (QED) is 0.214. The van der Waals surface area contributed by atoms with Crippen molar-refractivity contribution in [2.45, 2.75) is 6.42 Å². The number of allylic oxidation sites excluding steroid dienone is 3. The molecule has 0 saturated heterocycles. The van der Waals surface area contributed by atoms with Gasteiger partial charge in [-0.15, -0.1) is 12.8 Å². The van der Waals surface area contributed by atoms with Gasteiger partial charge in [0.1, 0.15) is 0 Å². The third kappa shape index (κ3) is 4.58. The Morgan fingerprint density at radius 2 is 1.15 bits per heavy atom. The van der Waals surface area contributed by atoms with Gasteiger partial charge in [-0.3, -0.25) is 0 Å². The summed E-state index contributed by atoms with van der Waals surface area (Å²) in [7, 11) is 0. The summed E-state index contributed by atoms with van der Waals surface area (Å²) in [5, 5.41) is 7.70. The van der Waals surface area contributed by atoms with E-state index in [4.69, 9.17) is 0 Å². The second-order valence-corrected chi connectivity index (χ2v) is 9.73. The topological polar surface area (TPSA) is 3.24 Å². The van der Waals surface area contributed by atoms with Crippen LogP contribution < -0.4 is 4.90 Å². The molecule has 1 aliphatic heterocycles. The molecule has 0 unspecified atom stereocenters. The fourth-order valence-corrected chi connectivity index (χ4v) is 5.68. The minimum absolute atomic E-state index is 0.825. The maximum Gasteiger partial charge on any atom is 0.0493 e. The standard InChI is InChI=1S/C36H27N.C2H2/c1-2-8-23-37(35-16-9-13-27-11-6-7-14-33(27)35)36-22-20-31-25-30(19-21-32(31)34(36)15-3-1)29-18-17-26-10-4-5-12-28(26)24-29;1-2/h1-14,16-22,24-25H,15,23H2;1-2H/b3-1-,8-2-;. The predicted octanol–water partition coefficient (Wildman–Crippen LogP) is 9.87. The summed E-state index contributed by atoms with van der Waals surface area (Å²) >= 11 is 0. The molecule has 0 fully saturated rings. The summed E-state index contributed by atoms with van der Waals surface area (Å²) in [6.07, 6.45) is 17.8. The second-order valence-electron chi connectivity index (χ2n) is 9.73. The lowest BCUT2D eigenvalue weighted by atomic mass is 9.94. The predicted molar refractivity (Wildman–Crippen MR) is 170 cm³/mol. The Labute approximate surface area is 230 Å². The first-order valence-electron chi connectivity index (χ1n) is 13.3. The van der Waals surface area contributed by atoms with E-state index in [2.05, 4.69) is 157 Å². The molecule has 1 nitrogen and oxygen atoms in total. The van der Waals surface area contributed by atoms with Crippen LogP contribution in [0.4, 0.5) is 11.4 Å². The first kappa shape index (κ1) is 24.3. The van der Waals surface area contributed by atoms with Gasteiger partial charge in [0.25, 0.3) is 0 Å². The Bertz CT molecular complexity index is 1880. The maximum atomic E-state index is 4.00. The lowest BCUT2D eigenvalue weighted by molar-refractivity contribution is 1.09. The lowest BCUT2D eigenvalue weighted by Gasteiger charge is -2.28. The zero-order valence-electron chi connectivity index (χ0n) is 21.8. The molecule has 0 spiro atoms. The van der Waals surface area contributed by atoms with Gasteiger partial charge in [0.15, 0.2) is 0 Å². The molecular weight excluding hydrogens is 470 g/mol. The van der Waals surface area contributed by atoms with Gasteiger partial charge < -0.3 is 4.90 Å². The molecule has 0 aliphatic carbocycles. The summed E-state index contributed by atoms with van der Waals surface area (Å²) < 4.78 is 0. The fraction of sp³-hybridized carbons (Fsp3) is 0.0526. The van der Waals surface area contributed by atoms with E-state index in [0.717, 1.165) is 13.0 Å². The molecule has 39 heavy (non-hydrogen) atoms. The van der Waals surface area contributed by atoms with E-state index >= 15 is 0 Å². The first-order valence-corrected chi connectivity index (χ1v) is 13.3. The van der Waals surface area contributed by atoms with Crippen LogP contribution in [0.2, 0.25) is 0 Å². The Kier molecular flexibility index (Phi) is 6.69. The largest absolute Gasteiger partial charge is 0.337 e. The Morgan fingerprint density at radius 1 is 0.487 bits per heavy atom. The third-order valence-electron chi connectivity index (χ3n) is 7.53. The molecule has 1 heterocycles. The van der Waals surface area contributed by atoms with Crippen LogP contribution in [0.5, 0.6) is 0 Å². The van der Waals surface area contributed by atoms with Gasteiger partial charge in [0.05, 0.1) is 0 Å². The molecule has 0 aromatic heterocycles. The molecule has 0 amide bonds. The van der Waals surface area contributed by atoms with Crippen molar-refractivity contribution >= 4 is 43.7 Å². The van der Waals surface area contributed by atoms with Crippen molar-refractivity contribution in [2.24, 2.45) is 0 Å². The van der Waals surface area contributed by atoms with Crippen LogP contribution in [-0.4, -0.2) is 6.54 Å². The van der Waals surface area contributed by atoms with E-state index in [1.165, 1.54) is 60.4 Å². The molecule has 6 aromatic rings. The molecular formula is C38H29N. The van der Waals surface area contributed by atoms with Crippen molar-refractivity contribution in [1.29, 1.82) is 0 Å². The minimum Gasteiger partial charge on any atom is -0.337 e. The van der Waals surface area contributed by atoms with Crippen LogP contribution in [-0.2, 0) is 6.42 Å². The number of hydrogen-bond donors (Lipinski definition) is 0. The molecule has 0 radical (unpaired) electrons. The van der Waals surface area contributed by atoms with E-state index in [0.29, 0.717) is 0 Å². The lowest BCUT2D eigenvalue weighted by Crippen LogP contribution is -2.18. The normalized spacial score (nSPS) is 14.5. The van der Waals surface area contributed by atoms with Crippen LogP contribution in [0.15, 0.2) is 140 Å². The van der Waals surface area contributed by atoms with E-state index in [9.17, 15) is 0 Å². The zero-order valence-corrected chi connectivity index (χ0v) is 21.8. The SMILES string of the molecule is C#C.C1=C\Cc2c(ccc3cc(-c4ccc5ccccc5c4)ccc23)N(c2cccc3ccccc23)C\C=C/1. The van der Waals surface area contributed by atoms with Crippen LogP contribution in [0.3, 0.4) is 0 Å². The van der Waals surface area contributed by atoms with Crippen molar-refractivity contribution in [3.8, 4) is 24.0 Å². The molecule has 1 aliphatic rings. The molecule has 1 heteroatoms. The molecule has 0 saturated carbocycles. The monoisotopic (exact) mass is 499 g/mol. The van der Waals surface area contributed by atoms with E-state index in [-0.39, 0.29) is 0 Å². The number of anilines is 2. The van der Waals surface area contributed by atoms with Crippen molar-refractivity contribution < 1.29 is 0 Å². The van der Waals surface area contributed by atoms with Crippen LogP contribution in [0, 0.1) is 12.8 Å². The highest BCUT2D eigenvalue weighted by Gasteiger charge is 2.17. The molecule has 0 atom stereocenters. The molecule has 7 rings (SSSR count). The zero-order chi connectivity index (χ0) is 26.6. The van der Waals surface area contributed by atoms with Gasteiger partial charge in [0, 0.05) is 23.3 Å². The van der Waals surface area contributed by atoms with E-state index in [1.54, 1.807) is 0 Å². The van der Waals surface area contributed by atoms with Crippen LogP contribution in [0.25, 0.3) is 43.4 Å². The number of nitrogens with zero attached hydrogens (tertiary/aromatic N) is 1. The number of hydrogen-bond acceptors (Lipinski definition) is 1. The number of benzene rings is 6. The highest BCUT2D eigenvalue weighted by molar-refractivity contribution is 6.00. The number of rotatable bonds is 2. The van der Waals surface area contributed by atoms with Gasteiger partial charge in [-0.25, -0.2) is 0 Å². The Balaban J connectivity index is 0.00000135. The second kappa shape index (κ2) is 10.7. The molecule has 6 aromatic carbocycles. The molecule has 0 bridgehead atoms. The van der Waals surface area contributed by atoms with Crippen LogP contribution >= 0.6 is 0 Å². The Hall–Kier alpha value is -5.06. The van der Waals surface area contributed by atoms with Crippen LogP contribution in [0.1, 0.15) is 5.56 Å². The highest BCUT2D eigenvalue weighted by Crippen LogP contribution is 2.39. The van der Waals surface area contributed by atoms with Gasteiger partial charge in [-0.1, -0.05) is 115 Å². The average molecular weight is 500 g/mol. The van der Waals surface area contributed by atoms with Gasteiger partial charge >= 0.3 is 0 Å². The molecule has 186 valence electrons. The summed E-state index contributed by atoms with van der Waals surface area (Å²) in [4.78, 5) is 2.47. The Morgan fingerprint density at radius 3 is 2.03 bits per heavy atom.